The molecule has 8 nitrogen and oxygen atoms in total. The highest BCUT2D eigenvalue weighted by molar-refractivity contribution is 6.26. The molecule has 0 bridgehead atoms. The monoisotopic (exact) mass is 328 g/mol. The maximum Gasteiger partial charge on any atom is 0.328 e. The molecule has 0 aromatic rings. The minimum absolute atomic E-state index is 0.0296. The molecule has 2 atom stereocenters. The second kappa shape index (κ2) is 8.73. The molecule has 1 fully saturated rings. The zero-order valence-electron chi connectivity index (χ0n) is 13.7. The van der Waals surface area contributed by atoms with Crippen molar-refractivity contribution in [1.29, 1.82) is 5.41 Å². The Morgan fingerprint density at radius 3 is 2.57 bits per heavy atom. The number of carbonyl (C=O) groups excluding carboxylic acids is 3. The highest BCUT2D eigenvalue weighted by Gasteiger charge is 2.44. The number of hydrogen-bond donors (Lipinski definition) is 2. The molecule has 1 rings (SSSR count). The van der Waals surface area contributed by atoms with E-state index in [0.29, 0.717) is 19.2 Å². The van der Waals surface area contributed by atoms with Crippen molar-refractivity contribution in [3.63, 3.8) is 0 Å². The lowest BCUT2D eigenvalue weighted by molar-refractivity contribution is -0.155. The summed E-state index contributed by atoms with van der Waals surface area (Å²) in [5, 5.41) is 9.49. The number of ether oxygens (including phenoxy) is 3. The van der Waals surface area contributed by atoms with Crippen LogP contribution in [0.25, 0.3) is 0 Å². The zero-order chi connectivity index (χ0) is 17.5. The predicted molar refractivity (Wildman–Crippen MR) is 81.4 cm³/mol. The average molecular weight is 328 g/mol. The third-order valence-corrected chi connectivity index (χ3v) is 3.57. The Bertz CT molecular complexity index is 457. The smallest absolute Gasteiger partial charge is 0.328 e. The van der Waals surface area contributed by atoms with Crippen LogP contribution in [0.4, 0.5) is 0 Å². The molecule has 1 aliphatic heterocycles. The lowest BCUT2D eigenvalue weighted by Gasteiger charge is -2.27. The van der Waals surface area contributed by atoms with E-state index in [2.05, 4.69) is 5.32 Å². The minimum Gasteiger partial charge on any atom is -0.461 e. The molecule has 1 aliphatic rings. The standard InChI is InChI=1S/C15H24N2O6/c1-10(2)23-13(19)12(5-4-11(18)8-16)17-14(20)15(21-3)6-7-22-9-15/h8,10,12,16H,4-7,9H2,1-3H3,(H,17,20)/t12-,15?/m0/s1. The van der Waals surface area contributed by atoms with Gasteiger partial charge < -0.3 is 24.9 Å². The van der Waals surface area contributed by atoms with Crippen molar-refractivity contribution >= 4 is 23.9 Å². The normalized spacial score (nSPS) is 21.7. The van der Waals surface area contributed by atoms with Crippen LogP contribution < -0.4 is 5.32 Å². The van der Waals surface area contributed by atoms with E-state index in [9.17, 15) is 14.4 Å². The number of nitrogens with one attached hydrogen (secondary N) is 2. The predicted octanol–water partition coefficient (Wildman–Crippen LogP) is 0.227. The molecule has 23 heavy (non-hydrogen) atoms. The maximum atomic E-state index is 12.5. The van der Waals surface area contributed by atoms with E-state index in [1.54, 1.807) is 13.8 Å². The lowest BCUT2D eigenvalue weighted by Crippen LogP contribution is -2.54. The van der Waals surface area contributed by atoms with Gasteiger partial charge in [-0.1, -0.05) is 0 Å². The van der Waals surface area contributed by atoms with Gasteiger partial charge in [-0.15, -0.1) is 0 Å². The van der Waals surface area contributed by atoms with E-state index in [1.165, 1.54) is 7.11 Å². The molecule has 130 valence electrons. The van der Waals surface area contributed by atoms with Crippen LogP contribution in [0.5, 0.6) is 0 Å². The van der Waals surface area contributed by atoms with Crippen molar-refractivity contribution in [1.82, 2.24) is 5.32 Å². The van der Waals surface area contributed by atoms with Gasteiger partial charge in [0.15, 0.2) is 11.4 Å². The van der Waals surface area contributed by atoms with Crippen LogP contribution >= 0.6 is 0 Å². The number of carbonyl (C=O) groups is 3. The van der Waals surface area contributed by atoms with Gasteiger partial charge in [-0.3, -0.25) is 9.59 Å². The molecule has 8 heteroatoms. The number of hydrogen-bond acceptors (Lipinski definition) is 7. The third-order valence-electron chi connectivity index (χ3n) is 3.57. The van der Waals surface area contributed by atoms with Crippen molar-refractivity contribution in [3.8, 4) is 0 Å². The second-order valence-electron chi connectivity index (χ2n) is 5.66. The maximum absolute atomic E-state index is 12.5. The first-order valence-corrected chi connectivity index (χ1v) is 7.52. The fourth-order valence-corrected chi connectivity index (χ4v) is 2.19. The second-order valence-corrected chi connectivity index (χ2v) is 5.66. The Hall–Kier alpha value is -1.80. The molecule has 0 aromatic heterocycles. The molecule has 0 saturated carbocycles. The van der Waals surface area contributed by atoms with Gasteiger partial charge in [-0.05, 0) is 20.3 Å². The van der Waals surface area contributed by atoms with E-state index in [4.69, 9.17) is 19.6 Å². The van der Waals surface area contributed by atoms with Gasteiger partial charge in [0.2, 0.25) is 0 Å². The molecule has 0 aliphatic carbocycles. The Morgan fingerprint density at radius 1 is 1.39 bits per heavy atom. The molecule has 1 amide bonds. The Kier molecular flexibility index (Phi) is 7.31. The zero-order valence-corrected chi connectivity index (χ0v) is 13.7. The van der Waals surface area contributed by atoms with Gasteiger partial charge in [-0.25, -0.2) is 4.79 Å². The summed E-state index contributed by atoms with van der Waals surface area (Å²) in [5.74, 6) is -1.51. The van der Waals surface area contributed by atoms with Gasteiger partial charge >= 0.3 is 5.97 Å². The summed E-state index contributed by atoms with van der Waals surface area (Å²) < 4.78 is 15.6. The quantitative estimate of drug-likeness (QED) is 0.462. The van der Waals surface area contributed by atoms with Crippen LogP contribution in [0.15, 0.2) is 0 Å². The summed E-state index contributed by atoms with van der Waals surface area (Å²) in [6.45, 7) is 3.90. The number of amides is 1. The molecule has 0 radical (unpaired) electrons. The molecule has 0 aromatic carbocycles. The molecular weight excluding hydrogens is 304 g/mol. The largest absolute Gasteiger partial charge is 0.461 e. The third kappa shape index (κ3) is 5.40. The summed E-state index contributed by atoms with van der Waals surface area (Å²) in [6, 6.07) is -0.971. The van der Waals surface area contributed by atoms with Crippen LogP contribution in [0, 0.1) is 5.41 Å². The fourth-order valence-electron chi connectivity index (χ4n) is 2.19. The van der Waals surface area contributed by atoms with E-state index < -0.39 is 29.3 Å². The molecule has 1 heterocycles. The van der Waals surface area contributed by atoms with Gasteiger partial charge in [0.25, 0.3) is 5.91 Å². The van der Waals surface area contributed by atoms with Crippen molar-refractivity contribution in [3.05, 3.63) is 0 Å². The number of Topliss-reactive ketones (excluding diaryl/α,β-unsaturated/α-hetero) is 1. The SMILES string of the molecule is COC1(C(=O)N[C@@H](CCC(=O)C=N)C(=O)OC(C)C)CCOC1. The van der Waals surface area contributed by atoms with Crippen LogP contribution in [0.2, 0.25) is 0 Å². The van der Waals surface area contributed by atoms with Crippen molar-refractivity contribution in [2.24, 2.45) is 0 Å². The average Bonchev–Trinajstić information content (AvgIpc) is 3.00. The molecule has 1 unspecified atom stereocenters. The number of esters is 1. The minimum atomic E-state index is -1.12. The topological polar surface area (TPSA) is 115 Å². The summed E-state index contributed by atoms with van der Waals surface area (Å²) in [4.78, 5) is 35.8. The highest BCUT2D eigenvalue weighted by atomic mass is 16.6. The van der Waals surface area contributed by atoms with Gasteiger partial charge in [0, 0.05) is 20.0 Å². The van der Waals surface area contributed by atoms with Gasteiger partial charge in [-0.2, -0.15) is 0 Å². The lowest BCUT2D eigenvalue weighted by atomic mass is 10.0. The van der Waals surface area contributed by atoms with E-state index in [-0.39, 0.29) is 25.6 Å². The number of methoxy groups -OCH3 is 1. The number of ketones is 1. The highest BCUT2D eigenvalue weighted by Crippen LogP contribution is 2.23. The summed E-state index contributed by atoms with van der Waals surface area (Å²) in [6.07, 6.45) is 0.769. The van der Waals surface area contributed by atoms with Crippen molar-refractivity contribution in [2.75, 3.05) is 20.3 Å². The van der Waals surface area contributed by atoms with Crippen molar-refractivity contribution in [2.45, 2.75) is 50.9 Å². The van der Waals surface area contributed by atoms with Crippen LogP contribution in [-0.4, -0.2) is 61.9 Å². The Labute approximate surface area is 135 Å². The summed E-state index contributed by atoms with van der Waals surface area (Å²) in [5.41, 5.74) is -1.12. The van der Waals surface area contributed by atoms with Gasteiger partial charge in [0.1, 0.15) is 6.04 Å². The summed E-state index contributed by atoms with van der Waals surface area (Å²) in [7, 11) is 1.41. The molecule has 1 saturated heterocycles. The number of rotatable bonds is 9. The van der Waals surface area contributed by atoms with Crippen LogP contribution in [0.3, 0.4) is 0 Å². The van der Waals surface area contributed by atoms with Gasteiger partial charge in [0.05, 0.1) is 25.5 Å². The van der Waals surface area contributed by atoms with Crippen molar-refractivity contribution < 1.29 is 28.6 Å². The van der Waals surface area contributed by atoms with E-state index >= 15 is 0 Å². The summed E-state index contributed by atoms with van der Waals surface area (Å²) >= 11 is 0. The first kappa shape index (κ1) is 19.2. The molecular formula is C15H24N2O6. The fraction of sp³-hybridized carbons (Fsp3) is 0.733. The first-order valence-electron chi connectivity index (χ1n) is 7.52. The van der Waals surface area contributed by atoms with Crippen LogP contribution in [0.1, 0.15) is 33.1 Å². The Balaban J connectivity index is 2.77. The molecule has 2 N–H and O–H groups in total. The van der Waals surface area contributed by atoms with E-state index in [1.807, 2.05) is 0 Å². The van der Waals surface area contributed by atoms with E-state index in [0.717, 1.165) is 0 Å². The molecule has 0 spiro atoms. The van der Waals surface area contributed by atoms with Crippen LogP contribution in [-0.2, 0) is 28.6 Å². The first-order chi connectivity index (χ1) is 10.8. The Morgan fingerprint density at radius 2 is 2.09 bits per heavy atom.